The number of esters is 3. The van der Waals surface area contributed by atoms with Gasteiger partial charge < -0.3 is 14.2 Å². The fraction of sp³-hybridized carbons (Fsp3) is 0.725. The number of carbonyl (C=O) groups is 3. The number of hydrogen-bond acceptors (Lipinski definition) is 6. The van der Waals surface area contributed by atoms with Gasteiger partial charge in [0, 0.05) is 17.8 Å². The van der Waals surface area contributed by atoms with Crippen LogP contribution in [-0.2, 0) is 23.8 Å². The van der Waals surface area contributed by atoms with Crippen molar-refractivity contribution in [1.29, 1.82) is 0 Å². The number of hydrogen-bond donors (Lipinski definition) is 0. The van der Waals surface area contributed by atoms with Crippen molar-refractivity contribution >= 4 is 17.9 Å². The van der Waals surface area contributed by atoms with Gasteiger partial charge in [0.25, 0.3) is 0 Å². The van der Waals surface area contributed by atoms with Crippen LogP contribution in [0.3, 0.4) is 0 Å². The van der Waals surface area contributed by atoms with E-state index in [0.29, 0.717) is 24.0 Å². The van der Waals surface area contributed by atoms with E-state index in [1.807, 2.05) is 30.3 Å². The summed E-state index contributed by atoms with van der Waals surface area (Å²) in [6, 6.07) is 9.32. The topological polar surface area (TPSA) is 78.9 Å². The van der Waals surface area contributed by atoms with Crippen LogP contribution in [0.4, 0.5) is 0 Å². The minimum atomic E-state index is -0.530. The minimum Gasteiger partial charge on any atom is -0.469 e. The first kappa shape index (κ1) is 33.3. The number of rotatable bonds is 5. The molecule has 8 atom stereocenters. The van der Waals surface area contributed by atoms with Crippen LogP contribution in [0.1, 0.15) is 123 Å². The van der Waals surface area contributed by atoms with Crippen molar-refractivity contribution in [3.63, 3.8) is 0 Å². The van der Waals surface area contributed by atoms with Crippen LogP contribution < -0.4 is 0 Å². The molecule has 1 aromatic rings. The Morgan fingerprint density at radius 1 is 0.848 bits per heavy atom. The second-order valence-electron chi connectivity index (χ2n) is 17.5. The highest BCUT2D eigenvalue weighted by Crippen LogP contribution is 2.76. The molecule has 8 unspecified atom stereocenters. The van der Waals surface area contributed by atoms with Crippen molar-refractivity contribution in [3.05, 3.63) is 47.5 Å². The zero-order valence-corrected chi connectivity index (χ0v) is 29.5. The molecular weight excluding hydrogens is 576 g/mol. The molecule has 5 aliphatic carbocycles. The summed E-state index contributed by atoms with van der Waals surface area (Å²) in [6.07, 6.45) is 11.6. The number of allylic oxidation sites excluding steroid dienone is 1. The molecule has 0 radical (unpaired) electrons. The van der Waals surface area contributed by atoms with E-state index in [1.54, 1.807) is 7.11 Å². The molecule has 46 heavy (non-hydrogen) atoms. The van der Waals surface area contributed by atoms with Gasteiger partial charge in [0.05, 0.1) is 18.1 Å². The predicted molar refractivity (Wildman–Crippen MR) is 178 cm³/mol. The summed E-state index contributed by atoms with van der Waals surface area (Å²) in [5, 5.41) is 0. The van der Waals surface area contributed by atoms with Gasteiger partial charge in [0.2, 0.25) is 0 Å². The molecule has 0 saturated heterocycles. The van der Waals surface area contributed by atoms with Crippen LogP contribution in [-0.4, -0.2) is 37.7 Å². The molecule has 0 aliphatic heterocycles. The third kappa shape index (κ3) is 4.81. The van der Waals surface area contributed by atoms with Gasteiger partial charge >= 0.3 is 17.9 Å². The van der Waals surface area contributed by atoms with E-state index in [1.165, 1.54) is 12.5 Å². The van der Waals surface area contributed by atoms with Crippen molar-refractivity contribution in [2.75, 3.05) is 13.7 Å². The number of fused-ring (bicyclic) bond motifs is 7. The van der Waals surface area contributed by atoms with Gasteiger partial charge in [0.15, 0.2) is 0 Å². The van der Waals surface area contributed by atoms with Crippen LogP contribution >= 0.6 is 0 Å². The lowest BCUT2D eigenvalue weighted by Gasteiger charge is -2.71. The lowest BCUT2D eigenvalue weighted by molar-refractivity contribution is -0.220. The summed E-state index contributed by atoms with van der Waals surface area (Å²) in [7, 11) is 1.54. The lowest BCUT2D eigenvalue weighted by Crippen LogP contribution is -2.67. The maximum Gasteiger partial charge on any atom is 0.338 e. The first-order chi connectivity index (χ1) is 21.6. The minimum absolute atomic E-state index is 0.0361. The van der Waals surface area contributed by atoms with Crippen LogP contribution in [0.15, 0.2) is 42.0 Å². The van der Waals surface area contributed by atoms with Crippen LogP contribution in [0, 0.1) is 50.2 Å². The smallest absolute Gasteiger partial charge is 0.338 e. The Hall–Kier alpha value is -2.63. The van der Waals surface area contributed by atoms with Gasteiger partial charge in [-0.15, -0.1) is 0 Å². The maximum atomic E-state index is 13.8. The SMILES string of the molecule is COC(=O)C12CCC(C)(C)CC1C1=CCC3C4(C)CCC(OC(C)=O)C(C)(C)C4CCC3(C)C1(COC(=O)c1ccccc1)CC2. The van der Waals surface area contributed by atoms with Gasteiger partial charge in [-0.25, -0.2) is 4.79 Å². The number of carbonyl (C=O) groups excluding carboxylic acids is 3. The van der Waals surface area contributed by atoms with E-state index >= 15 is 0 Å². The van der Waals surface area contributed by atoms with Gasteiger partial charge in [0.1, 0.15) is 12.7 Å². The average Bonchev–Trinajstić information content (AvgIpc) is 3.01. The Bertz CT molecular complexity index is 1410. The standard InChI is InChI=1S/C40H56O6/c1-26(41)46-32-17-18-37(6)30(36(32,4)5)16-19-38(7)31(37)15-14-28-29-24-35(2,3)20-21-39(29,34(43)44-8)22-23-40(28,38)25-45-33(42)27-12-10-9-11-13-27/h9-14,29-32H,15-25H2,1-8H3. The van der Waals surface area contributed by atoms with Gasteiger partial charge in [-0.2, -0.15) is 0 Å². The highest BCUT2D eigenvalue weighted by atomic mass is 16.5. The highest BCUT2D eigenvalue weighted by Gasteiger charge is 2.71. The zero-order chi connectivity index (χ0) is 33.3. The van der Waals surface area contributed by atoms with Gasteiger partial charge in [-0.1, -0.05) is 71.4 Å². The Labute approximate surface area is 276 Å². The quantitative estimate of drug-likeness (QED) is 0.184. The molecule has 0 aromatic heterocycles. The summed E-state index contributed by atoms with van der Waals surface area (Å²) in [4.78, 5) is 39.4. The zero-order valence-electron chi connectivity index (χ0n) is 29.5. The third-order valence-corrected chi connectivity index (χ3v) is 14.6. The van der Waals surface area contributed by atoms with Crippen LogP contribution in [0.2, 0.25) is 0 Å². The van der Waals surface area contributed by atoms with Crippen LogP contribution in [0.25, 0.3) is 0 Å². The van der Waals surface area contributed by atoms with Gasteiger partial charge in [-0.05, 0) is 110 Å². The molecule has 6 heteroatoms. The summed E-state index contributed by atoms with van der Waals surface area (Å²) in [5.41, 5.74) is 0.887. The Morgan fingerprint density at radius 2 is 1.54 bits per heavy atom. The Kier molecular flexibility index (Phi) is 8.12. The summed E-state index contributed by atoms with van der Waals surface area (Å²) < 4.78 is 17.9. The largest absolute Gasteiger partial charge is 0.469 e. The number of methoxy groups -OCH3 is 1. The average molecular weight is 633 g/mol. The molecule has 0 heterocycles. The number of benzene rings is 1. The van der Waals surface area contributed by atoms with Gasteiger partial charge in [-0.3, -0.25) is 9.59 Å². The monoisotopic (exact) mass is 632 g/mol. The second-order valence-corrected chi connectivity index (χ2v) is 17.5. The predicted octanol–water partition coefficient (Wildman–Crippen LogP) is 8.73. The molecule has 0 bridgehead atoms. The van der Waals surface area contributed by atoms with E-state index in [2.05, 4.69) is 47.6 Å². The highest BCUT2D eigenvalue weighted by molar-refractivity contribution is 5.89. The van der Waals surface area contributed by atoms with E-state index < -0.39 is 5.41 Å². The van der Waals surface area contributed by atoms with Crippen molar-refractivity contribution < 1.29 is 28.6 Å². The van der Waals surface area contributed by atoms with E-state index in [4.69, 9.17) is 14.2 Å². The molecule has 252 valence electrons. The molecule has 4 fully saturated rings. The summed E-state index contributed by atoms with van der Waals surface area (Å²) in [6.45, 7) is 16.1. The fourth-order valence-electron chi connectivity index (χ4n) is 12.2. The molecule has 5 aliphatic rings. The Morgan fingerprint density at radius 3 is 2.22 bits per heavy atom. The van der Waals surface area contributed by atoms with E-state index in [0.717, 1.165) is 64.2 Å². The Balaban J connectivity index is 1.45. The third-order valence-electron chi connectivity index (χ3n) is 14.6. The van der Waals surface area contributed by atoms with Crippen molar-refractivity contribution in [3.8, 4) is 0 Å². The van der Waals surface area contributed by atoms with E-state index in [9.17, 15) is 14.4 Å². The van der Waals surface area contributed by atoms with E-state index in [-0.39, 0.29) is 57.0 Å². The molecule has 0 N–H and O–H groups in total. The first-order valence-corrected chi connectivity index (χ1v) is 17.7. The molecule has 0 amide bonds. The fourth-order valence-corrected chi connectivity index (χ4v) is 12.2. The summed E-state index contributed by atoms with van der Waals surface area (Å²) in [5.74, 6) is 0.291. The molecule has 1 aromatic carbocycles. The summed E-state index contributed by atoms with van der Waals surface area (Å²) >= 11 is 0. The van der Waals surface area contributed by atoms with Crippen LogP contribution in [0.5, 0.6) is 0 Å². The van der Waals surface area contributed by atoms with Crippen molar-refractivity contribution in [2.24, 2.45) is 50.2 Å². The van der Waals surface area contributed by atoms with Crippen molar-refractivity contribution in [2.45, 2.75) is 119 Å². The lowest BCUT2D eigenvalue weighted by atomic mass is 9.33. The molecule has 4 saturated carbocycles. The van der Waals surface area contributed by atoms with Crippen molar-refractivity contribution in [1.82, 2.24) is 0 Å². The molecular formula is C40H56O6. The molecule has 6 nitrogen and oxygen atoms in total. The maximum absolute atomic E-state index is 13.8. The second kappa shape index (κ2) is 11.2. The number of ether oxygens (including phenoxy) is 3. The normalized spacial score (nSPS) is 40.5. The first-order valence-electron chi connectivity index (χ1n) is 17.7. The molecule has 6 rings (SSSR count). The molecule has 0 spiro atoms.